The molecular formula is C42H42N6O7. The highest BCUT2D eigenvalue weighted by Crippen LogP contribution is 2.66. The molecule has 4 aromatic rings. The van der Waals surface area contributed by atoms with Crippen LogP contribution in [0.15, 0.2) is 114 Å². The van der Waals surface area contributed by atoms with Crippen molar-refractivity contribution in [1.29, 1.82) is 0 Å². The molecule has 0 spiro atoms. The lowest BCUT2D eigenvalue weighted by Crippen LogP contribution is -2.63. The van der Waals surface area contributed by atoms with Gasteiger partial charge in [0, 0.05) is 22.8 Å². The van der Waals surface area contributed by atoms with Gasteiger partial charge < -0.3 is 24.4 Å². The lowest BCUT2D eigenvalue weighted by Gasteiger charge is -2.48. The maximum atomic E-state index is 15.2. The van der Waals surface area contributed by atoms with Crippen LogP contribution in [0.25, 0.3) is 10.4 Å². The van der Waals surface area contributed by atoms with Crippen LogP contribution in [0.1, 0.15) is 55.9 Å². The number of nitrogens with zero attached hydrogens (tertiary/aromatic N) is 5. The molecule has 1 fully saturated rings. The van der Waals surface area contributed by atoms with Crippen LogP contribution < -0.4 is 10.2 Å². The van der Waals surface area contributed by atoms with Gasteiger partial charge in [0.2, 0.25) is 5.91 Å². The van der Waals surface area contributed by atoms with Crippen molar-refractivity contribution in [2.75, 3.05) is 17.3 Å². The van der Waals surface area contributed by atoms with Gasteiger partial charge in [-0.15, -0.1) is 0 Å². The molecule has 3 aliphatic rings. The van der Waals surface area contributed by atoms with E-state index in [0.717, 1.165) is 16.8 Å². The number of hydrogen-bond acceptors (Lipinski definition) is 9. The number of carbonyl (C=O) groups is 4. The largest absolute Gasteiger partial charge is 0.469 e. The molecule has 0 bridgehead atoms. The van der Waals surface area contributed by atoms with E-state index in [1.165, 1.54) is 12.0 Å². The molecule has 13 nitrogen and oxygen atoms in total. The van der Waals surface area contributed by atoms with Crippen molar-refractivity contribution in [3.05, 3.63) is 142 Å². The summed E-state index contributed by atoms with van der Waals surface area (Å²) in [5.74, 6) is -2.02. The minimum atomic E-state index is -1.72. The van der Waals surface area contributed by atoms with Gasteiger partial charge in [0.05, 0.1) is 17.9 Å². The minimum absolute atomic E-state index is 0.0594. The topological polar surface area (TPSA) is 163 Å². The van der Waals surface area contributed by atoms with Gasteiger partial charge in [-0.05, 0) is 73.5 Å². The molecule has 3 aliphatic heterocycles. The van der Waals surface area contributed by atoms with Gasteiger partial charge in [-0.1, -0.05) is 102 Å². The first-order valence-corrected chi connectivity index (χ1v) is 18.1. The second kappa shape index (κ2) is 14.5. The Labute approximate surface area is 318 Å². The zero-order chi connectivity index (χ0) is 39.0. The van der Waals surface area contributed by atoms with Crippen LogP contribution in [0.5, 0.6) is 0 Å². The highest BCUT2D eigenvalue weighted by Gasteiger charge is 2.75. The van der Waals surface area contributed by atoms with E-state index in [-0.39, 0.29) is 26.0 Å². The van der Waals surface area contributed by atoms with Crippen LogP contribution in [0.4, 0.5) is 16.2 Å². The van der Waals surface area contributed by atoms with Crippen molar-refractivity contribution in [3.8, 4) is 0 Å². The highest BCUT2D eigenvalue weighted by molar-refractivity contribution is 6.09. The Balaban J connectivity index is 1.52. The van der Waals surface area contributed by atoms with Crippen molar-refractivity contribution in [1.82, 2.24) is 4.90 Å². The maximum Gasteiger partial charge on any atom is 0.412 e. The fraction of sp³-hybridized carbons (Fsp3) is 0.333. The first-order valence-electron chi connectivity index (χ1n) is 18.1. The third-order valence-corrected chi connectivity index (χ3v) is 10.8. The van der Waals surface area contributed by atoms with Crippen LogP contribution in [0, 0.1) is 0 Å². The van der Waals surface area contributed by atoms with Crippen LogP contribution in [-0.4, -0.2) is 59.8 Å². The predicted octanol–water partition coefficient (Wildman–Crippen LogP) is 7.16. The third-order valence-electron chi connectivity index (χ3n) is 10.8. The fourth-order valence-corrected chi connectivity index (χ4v) is 8.76. The number of esters is 2. The van der Waals surface area contributed by atoms with E-state index in [2.05, 4.69) is 15.3 Å². The summed E-state index contributed by atoms with van der Waals surface area (Å²) in [6.07, 6.45) is -2.30. The van der Waals surface area contributed by atoms with Crippen molar-refractivity contribution in [2.24, 2.45) is 5.11 Å². The smallest absolute Gasteiger partial charge is 0.412 e. The molecule has 0 saturated carbocycles. The average molecular weight is 743 g/mol. The normalized spacial score (nSPS) is 22.7. The molecule has 55 heavy (non-hydrogen) atoms. The summed E-state index contributed by atoms with van der Waals surface area (Å²) in [6, 6.07) is 30.8. The first kappa shape index (κ1) is 37.0. The minimum Gasteiger partial charge on any atom is -0.469 e. The summed E-state index contributed by atoms with van der Waals surface area (Å²) < 4.78 is 17.2. The van der Waals surface area contributed by atoms with E-state index in [0.29, 0.717) is 16.8 Å². The SMILES string of the molecule is COC(=O)[C@H](CC1(C23C[C@@H](C(=O)OCc4ccccc4)N(C(=O)OC(C)(C)C)C2N(Cc2ccccc2)c2ccccc23)C(=O)Nc2ccccc21)N=[N+]=[N-]. The van der Waals surface area contributed by atoms with Gasteiger partial charge in [0.1, 0.15) is 30.5 Å². The van der Waals surface area contributed by atoms with Crippen molar-refractivity contribution in [3.63, 3.8) is 0 Å². The summed E-state index contributed by atoms with van der Waals surface area (Å²) in [5.41, 5.74) is 9.60. The fourth-order valence-electron chi connectivity index (χ4n) is 8.76. The number of benzene rings is 4. The van der Waals surface area contributed by atoms with Gasteiger partial charge in [0.15, 0.2) is 0 Å². The molecule has 282 valence electrons. The van der Waals surface area contributed by atoms with Crippen molar-refractivity contribution >= 4 is 35.3 Å². The number of fused-ring (bicyclic) bond motifs is 4. The molecule has 13 heteroatoms. The molecule has 0 aliphatic carbocycles. The van der Waals surface area contributed by atoms with Crippen LogP contribution in [0.2, 0.25) is 0 Å². The Morgan fingerprint density at radius 3 is 2.18 bits per heavy atom. The van der Waals surface area contributed by atoms with Gasteiger partial charge in [0.25, 0.3) is 0 Å². The van der Waals surface area contributed by atoms with Crippen LogP contribution in [0.3, 0.4) is 0 Å². The number of carbonyl (C=O) groups excluding carboxylic acids is 4. The zero-order valence-electron chi connectivity index (χ0n) is 31.0. The number of amides is 2. The number of rotatable bonds is 10. The Hall–Kier alpha value is -6.33. The molecule has 1 N–H and O–H groups in total. The average Bonchev–Trinajstić information content (AvgIpc) is 3.78. The third kappa shape index (κ3) is 6.30. The quantitative estimate of drug-likeness (QED) is 0.0589. The summed E-state index contributed by atoms with van der Waals surface area (Å²) in [7, 11) is 1.18. The maximum absolute atomic E-state index is 15.2. The van der Waals surface area contributed by atoms with E-state index in [1.54, 1.807) is 45.0 Å². The zero-order valence-corrected chi connectivity index (χ0v) is 31.0. The molecule has 7 rings (SSSR count). The lowest BCUT2D eigenvalue weighted by atomic mass is 9.53. The second-order valence-electron chi connectivity index (χ2n) is 15.0. The molecule has 1 saturated heterocycles. The Morgan fingerprint density at radius 1 is 0.909 bits per heavy atom. The molecule has 3 heterocycles. The Kier molecular flexibility index (Phi) is 9.74. The monoisotopic (exact) mass is 742 g/mol. The summed E-state index contributed by atoms with van der Waals surface area (Å²) in [4.78, 5) is 64.6. The number of para-hydroxylation sites is 2. The number of anilines is 2. The Morgan fingerprint density at radius 2 is 1.53 bits per heavy atom. The standard InChI is InChI=1S/C42H42N6O7/c1-40(2,3)55-39(52)48-34(36(50)54-26-28-17-9-6-10-18-28)24-42(30-20-12-14-22-33(30)47(38(42)48)25-27-15-7-5-8-16-27)41(23-32(45-46-43)35(49)53-4)29-19-11-13-21-31(29)44-37(41)51/h5-22,32,34,38H,23-26H2,1-4H3,(H,44,51)/t32-,34-,38?,41?,42?/m0/s1. The molecule has 0 aromatic heterocycles. The van der Waals surface area contributed by atoms with Gasteiger partial charge in [-0.3, -0.25) is 14.5 Å². The number of nitrogens with one attached hydrogen (secondary N) is 1. The van der Waals surface area contributed by atoms with Crippen LogP contribution in [-0.2, 0) is 52.6 Å². The van der Waals surface area contributed by atoms with E-state index in [9.17, 15) is 19.9 Å². The number of methoxy groups -OCH3 is 1. The number of azide groups is 1. The van der Waals surface area contributed by atoms with Crippen molar-refractivity contribution in [2.45, 2.75) is 81.4 Å². The predicted molar refractivity (Wildman–Crippen MR) is 204 cm³/mol. The van der Waals surface area contributed by atoms with Gasteiger partial charge in [-0.25, -0.2) is 9.59 Å². The number of likely N-dealkylation sites (tertiary alicyclic amines) is 1. The second-order valence-corrected chi connectivity index (χ2v) is 15.0. The van der Waals surface area contributed by atoms with Gasteiger partial charge in [-0.2, -0.15) is 0 Å². The van der Waals surface area contributed by atoms with Gasteiger partial charge >= 0.3 is 18.0 Å². The molecule has 5 atom stereocenters. The van der Waals surface area contributed by atoms with E-state index in [1.807, 2.05) is 89.8 Å². The number of hydrogen-bond donors (Lipinski definition) is 1. The summed E-state index contributed by atoms with van der Waals surface area (Å²) >= 11 is 0. The number of ether oxygens (including phenoxy) is 3. The van der Waals surface area contributed by atoms with Crippen molar-refractivity contribution < 1.29 is 33.4 Å². The first-order chi connectivity index (χ1) is 26.4. The molecule has 0 radical (unpaired) electrons. The summed E-state index contributed by atoms with van der Waals surface area (Å²) in [6.45, 7) is 5.43. The molecule has 3 unspecified atom stereocenters. The molecular weight excluding hydrogens is 700 g/mol. The summed E-state index contributed by atoms with van der Waals surface area (Å²) in [5, 5.41) is 6.92. The van der Waals surface area contributed by atoms with Crippen LogP contribution >= 0.6 is 0 Å². The molecule has 4 aromatic carbocycles. The molecule has 2 amide bonds. The van der Waals surface area contributed by atoms with E-state index < -0.39 is 58.6 Å². The van der Waals surface area contributed by atoms with E-state index >= 15 is 4.79 Å². The highest BCUT2D eigenvalue weighted by atomic mass is 16.6. The van der Waals surface area contributed by atoms with E-state index in [4.69, 9.17) is 14.2 Å². The lowest BCUT2D eigenvalue weighted by molar-refractivity contribution is -0.150. The Bertz CT molecular complexity index is 2170.